The summed E-state index contributed by atoms with van der Waals surface area (Å²) < 4.78 is 6.30. The van der Waals surface area contributed by atoms with Gasteiger partial charge in [-0.05, 0) is 142 Å². The number of nitrogens with two attached hydrogens (primary N) is 2. The second kappa shape index (κ2) is 21.5. The molecule has 10 atom stereocenters. The summed E-state index contributed by atoms with van der Waals surface area (Å²) in [4.78, 5) is 15.5. The van der Waals surface area contributed by atoms with Crippen molar-refractivity contribution in [1.29, 1.82) is 0 Å². The van der Waals surface area contributed by atoms with E-state index in [4.69, 9.17) is 16.2 Å². The van der Waals surface area contributed by atoms with Gasteiger partial charge in [0.15, 0.2) is 0 Å². The van der Waals surface area contributed by atoms with E-state index in [1.807, 2.05) is 4.90 Å². The van der Waals surface area contributed by atoms with Crippen LogP contribution in [0.2, 0.25) is 0 Å². The van der Waals surface area contributed by atoms with Crippen LogP contribution in [0.3, 0.4) is 0 Å². The molecule has 49 heavy (non-hydrogen) atoms. The predicted molar refractivity (Wildman–Crippen MR) is 215 cm³/mol. The van der Waals surface area contributed by atoms with E-state index in [0.29, 0.717) is 31.0 Å². The minimum Gasteiger partial charge on any atom is -0.446 e. The summed E-state index contributed by atoms with van der Waals surface area (Å²) in [6.07, 6.45) is 18.7. The molecule has 3 fully saturated rings. The molecule has 4 aliphatic rings. The lowest BCUT2D eigenvalue weighted by Gasteiger charge is -2.58. The second-order valence-electron chi connectivity index (χ2n) is 17.6. The van der Waals surface area contributed by atoms with E-state index >= 15 is 0 Å². The quantitative estimate of drug-likeness (QED) is 0.102. The molecule has 0 radical (unpaired) electrons. The number of nitrogens with one attached hydrogen (secondary N) is 1. The molecule has 290 valence electrons. The number of allylic oxidation sites excluding steroid dienone is 1. The molecule has 1 amide bonds. The van der Waals surface area contributed by atoms with Gasteiger partial charge < -0.3 is 26.4 Å². The van der Waals surface area contributed by atoms with Gasteiger partial charge in [-0.2, -0.15) is 0 Å². The number of nitrogens with zero attached hydrogens (tertiary/aromatic N) is 1. The van der Waals surface area contributed by atoms with Crippen LogP contribution in [-0.4, -0.2) is 56.4 Å². The molecule has 5 N–H and O–H groups in total. The van der Waals surface area contributed by atoms with Crippen molar-refractivity contribution in [2.75, 3.05) is 39.3 Å². The van der Waals surface area contributed by atoms with Gasteiger partial charge in [-0.3, -0.25) is 0 Å². The molecule has 0 aliphatic heterocycles. The molecule has 0 heterocycles. The number of amides is 1. The van der Waals surface area contributed by atoms with E-state index in [0.717, 1.165) is 87.2 Å². The van der Waals surface area contributed by atoms with Gasteiger partial charge in [0.25, 0.3) is 0 Å². The fourth-order valence-electron chi connectivity index (χ4n) is 10.7. The molecule has 6 nitrogen and oxygen atoms in total. The first-order valence-corrected chi connectivity index (χ1v) is 19.7. The summed E-state index contributed by atoms with van der Waals surface area (Å²) >= 11 is 0. The Morgan fingerprint density at radius 1 is 0.918 bits per heavy atom. The lowest BCUT2D eigenvalue weighted by atomic mass is 9.47. The van der Waals surface area contributed by atoms with E-state index in [2.05, 4.69) is 59.9 Å². The molecule has 4 rings (SSSR count). The van der Waals surface area contributed by atoms with Crippen LogP contribution in [0, 0.1) is 58.2 Å². The van der Waals surface area contributed by atoms with Gasteiger partial charge in [0.2, 0.25) is 0 Å². The Balaban J connectivity index is 0.00000400. The number of ether oxygens (including phenoxy) is 1. The summed E-state index contributed by atoms with van der Waals surface area (Å²) in [7, 11) is 0. The van der Waals surface area contributed by atoms with Crippen LogP contribution < -0.4 is 16.8 Å². The summed E-state index contributed by atoms with van der Waals surface area (Å²) in [6.45, 7) is 21.5. The third kappa shape index (κ3) is 11.6. The second-order valence-corrected chi connectivity index (χ2v) is 17.6. The summed E-state index contributed by atoms with van der Waals surface area (Å²) in [5.74, 6) is 5.84. The van der Waals surface area contributed by atoms with Crippen molar-refractivity contribution in [3.63, 3.8) is 0 Å². The van der Waals surface area contributed by atoms with Crippen molar-refractivity contribution in [1.82, 2.24) is 10.2 Å². The normalized spacial score (nSPS) is 32.1. The Bertz CT molecular complexity index is 1000. The van der Waals surface area contributed by atoms with Crippen molar-refractivity contribution in [2.24, 2.45) is 69.6 Å². The van der Waals surface area contributed by atoms with Gasteiger partial charge in [0.1, 0.15) is 6.10 Å². The lowest BCUT2D eigenvalue weighted by molar-refractivity contribution is -0.0594. The smallest absolute Gasteiger partial charge is 0.410 e. The van der Waals surface area contributed by atoms with E-state index < -0.39 is 0 Å². The highest BCUT2D eigenvalue weighted by molar-refractivity contribution is 5.86. The van der Waals surface area contributed by atoms with E-state index in [1.165, 1.54) is 51.4 Å². The van der Waals surface area contributed by atoms with Gasteiger partial charge in [-0.25, -0.2) is 4.79 Å². The van der Waals surface area contributed by atoms with Crippen molar-refractivity contribution < 1.29 is 9.53 Å². The zero-order chi connectivity index (χ0) is 33.5. The molecule has 3 saturated carbocycles. The molecular weight excluding hydrogens is 675 g/mol. The van der Waals surface area contributed by atoms with Crippen molar-refractivity contribution in [3.8, 4) is 0 Å². The van der Waals surface area contributed by atoms with Crippen LogP contribution in [-0.2, 0) is 4.74 Å². The number of halogens is 3. The molecule has 0 spiro atoms. The fraction of sp³-hybridized carbons (Fsp3) is 0.925. The molecule has 0 aromatic heterocycles. The first-order chi connectivity index (χ1) is 21.9. The Morgan fingerprint density at radius 2 is 1.63 bits per heavy atom. The van der Waals surface area contributed by atoms with Gasteiger partial charge >= 0.3 is 6.09 Å². The van der Waals surface area contributed by atoms with Crippen LogP contribution in [0.1, 0.15) is 132 Å². The van der Waals surface area contributed by atoms with Crippen molar-refractivity contribution in [2.45, 2.75) is 138 Å². The largest absolute Gasteiger partial charge is 0.446 e. The number of hydrogen-bond donors (Lipinski definition) is 3. The summed E-state index contributed by atoms with van der Waals surface area (Å²) in [5, 5.41) is 3.50. The first-order valence-electron chi connectivity index (χ1n) is 19.7. The number of unbranched alkanes of at least 4 members (excludes halogenated alkanes) is 1. The van der Waals surface area contributed by atoms with Crippen LogP contribution in [0.5, 0.6) is 0 Å². The third-order valence-electron chi connectivity index (χ3n) is 13.6. The molecule has 4 aliphatic carbocycles. The minimum absolute atomic E-state index is 0. The number of rotatable bonds is 17. The average Bonchev–Trinajstić information content (AvgIpc) is 3.39. The molecule has 0 saturated heterocycles. The van der Waals surface area contributed by atoms with E-state index in [-0.39, 0.29) is 60.8 Å². The van der Waals surface area contributed by atoms with E-state index in [9.17, 15) is 4.79 Å². The summed E-state index contributed by atoms with van der Waals surface area (Å²) in [6, 6.07) is 0. The SMILES string of the molecule is CC(C)CCC[C@@H](C)C1CCC2C3CC=C4CC(OC(=O)N(CCCCNCC(C)CN)CC(C)CN)CCC4(C)C3CCC21C.Cl.Cl.Cl. The zero-order valence-electron chi connectivity index (χ0n) is 32.4. The molecular formula is C40H77Cl3N4O2. The molecule has 9 unspecified atom stereocenters. The molecule has 0 aromatic rings. The van der Waals surface area contributed by atoms with Crippen LogP contribution >= 0.6 is 37.2 Å². The maximum absolute atomic E-state index is 13.5. The third-order valence-corrected chi connectivity index (χ3v) is 13.6. The monoisotopic (exact) mass is 751 g/mol. The summed E-state index contributed by atoms with van der Waals surface area (Å²) in [5.41, 5.74) is 14.1. The van der Waals surface area contributed by atoms with Crippen LogP contribution in [0.25, 0.3) is 0 Å². The topological polar surface area (TPSA) is 93.6 Å². The number of carbonyl (C=O) groups is 1. The Kier molecular flexibility index (Phi) is 20.5. The molecule has 0 aromatic carbocycles. The highest BCUT2D eigenvalue weighted by Gasteiger charge is 2.59. The fourth-order valence-corrected chi connectivity index (χ4v) is 10.7. The Morgan fingerprint density at radius 3 is 2.31 bits per heavy atom. The van der Waals surface area contributed by atoms with Gasteiger partial charge in [0, 0.05) is 19.5 Å². The van der Waals surface area contributed by atoms with Gasteiger partial charge in [-0.15, -0.1) is 37.2 Å². The standard InChI is InChI=1S/C40H74N4O2.3ClH/c1-28(2)11-10-12-31(5)35-15-16-36-34-14-13-32-23-33(17-19-39(32,6)37(34)18-20-40(35,36)7)46-38(45)44(27-30(4)25-42)22-9-8-21-43-26-29(3)24-41;;;/h13,28-31,33-37,43H,8-12,14-27,41-42H2,1-7H3;3*1H/t29?,30?,31-,33?,34?,35?,36?,37?,39?,40?;;;/m1.../s1. The maximum atomic E-state index is 13.5. The first kappa shape index (κ1) is 46.8. The predicted octanol–water partition coefficient (Wildman–Crippen LogP) is 9.66. The number of fused-ring (bicyclic) bond motifs is 5. The minimum atomic E-state index is -0.138. The van der Waals surface area contributed by atoms with Gasteiger partial charge in [-0.1, -0.05) is 79.4 Å². The Hall–Kier alpha value is -0.240. The lowest BCUT2D eigenvalue weighted by Crippen LogP contribution is -2.51. The number of hydrogen-bond acceptors (Lipinski definition) is 5. The highest BCUT2D eigenvalue weighted by atomic mass is 35.5. The molecule has 9 heteroatoms. The number of carbonyl (C=O) groups excluding carboxylic acids is 1. The molecule has 0 bridgehead atoms. The van der Waals surface area contributed by atoms with Crippen LogP contribution in [0.4, 0.5) is 4.79 Å². The zero-order valence-corrected chi connectivity index (χ0v) is 34.8. The van der Waals surface area contributed by atoms with Crippen molar-refractivity contribution >= 4 is 43.3 Å². The van der Waals surface area contributed by atoms with Crippen LogP contribution in [0.15, 0.2) is 11.6 Å². The highest BCUT2D eigenvalue weighted by Crippen LogP contribution is 2.67. The Labute approximate surface area is 320 Å². The maximum Gasteiger partial charge on any atom is 0.410 e. The van der Waals surface area contributed by atoms with E-state index in [1.54, 1.807) is 5.57 Å². The van der Waals surface area contributed by atoms with Crippen molar-refractivity contribution in [3.05, 3.63) is 11.6 Å². The van der Waals surface area contributed by atoms with Gasteiger partial charge in [0.05, 0.1) is 0 Å². The average molecular weight is 752 g/mol.